The number of halogens is 1. The zero-order chi connectivity index (χ0) is 17.0. The van der Waals surface area contributed by atoms with Gasteiger partial charge in [0.15, 0.2) is 11.6 Å². The highest BCUT2D eigenvalue weighted by Gasteiger charge is 2.31. The summed E-state index contributed by atoms with van der Waals surface area (Å²) in [7, 11) is 0. The van der Waals surface area contributed by atoms with Gasteiger partial charge in [0.25, 0.3) is 0 Å². The maximum atomic E-state index is 6.47. The van der Waals surface area contributed by atoms with E-state index in [1.165, 1.54) is 17.7 Å². The molecule has 0 spiro atoms. The largest absolute Gasteiger partial charge is 0.324 e. The Morgan fingerprint density at radius 3 is 2.80 bits per heavy atom. The molecule has 0 atom stereocenters. The van der Waals surface area contributed by atoms with Crippen LogP contribution in [0.25, 0.3) is 5.00 Å². The van der Waals surface area contributed by atoms with Gasteiger partial charge in [0, 0.05) is 21.0 Å². The summed E-state index contributed by atoms with van der Waals surface area (Å²) in [5.41, 5.74) is 8.89. The molecule has 3 aromatic rings. The van der Waals surface area contributed by atoms with Gasteiger partial charge in [-0.15, -0.1) is 21.5 Å². The van der Waals surface area contributed by atoms with Crippen molar-refractivity contribution in [3.8, 4) is 5.00 Å². The van der Waals surface area contributed by atoms with Gasteiger partial charge >= 0.3 is 0 Å². The average Bonchev–Trinajstić information content (AvgIpc) is 3.29. The van der Waals surface area contributed by atoms with Crippen LogP contribution in [0.1, 0.15) is 46.4 Å². The van der Waals surface area contributed by atoms with Crippen molar-refractivity contribution in [1.29, 1.82) is 0 Å². The number of hydrogen-bond acceptors (Lipinski definition) is 5. The predicted molar refractivity (Wildman–Crippen MR) is 99.9 cm³/mol. The number of hydrogen-bond donors (Lipinski definition) is 1. The molecule has 0 amide bonds. The zero-order valence-electron chi connectivity index (χ0n) is 13.4. The van der Waals surface area contributed by atoms with Gasteiger partial charge in [-0.05, 0) is 30.9 Å². The molecule has 7 heteroatoms. The monoisotopic (exact) mass is 369 g/mol. The van der Waals surface area contributed by atoms with Crippen LogP contribution in [-0.2, 0) is 13.1 Å². The van der Waals surface area contributed by atoms with Crippen LogP contribution in [-0.4, -0.2) is 20.5 Å². The van der Waals surface area contributed by atoms with Crippen molar-refractivity contribution in [1.82, 2.24) is 14.8 Å². The van der Waals surface area contributed by atoms with Crippen molar-refractivity contribution >= 4 is 28.6 Å². The second kappa shape index (κ2) is 5.76. The van der Waals surface area contributed by atoms with Crippen molar-refractivity contribution in [2.75, 3.05) is 0 Å². The number of aliphatic imine (C=N–C) groups is 1. The normalized spacial score (nSPS) is 16.2. The van der Waals surface area contributed by atoms with E-state index in [4.69, 9.17) is 22.3 Å². The fraction of sp³-hybridized carbons (Fsp3) is 0.278. The van der Waals surface area contributed by atoms with Crippen LogP contribution in [0.5, 0.6) is 0 Å². The molecule has 1 aromatic carbocycles. The Bertz CT molecular complexity index is 999. The maximum absolute atomic E-state index is 6.47. The standard InChI is InChI=1S/C18H16ClN5S/c19-13-4-2-1-3-11(13)17-12-7-14(10-5-6-10)25-18(12)24-15(8-20)22-23-16(24)9-21-17/h1-4,7,10H,5-6,8-9,20H2. The number of fused-ring (bicyclic) bond motifs is 3. The Kier molecular flexibility index (Phi) is 3.51. The predicted octanol–water partition coefficient (Wildman–Crippen LogP) is 3.67. The number of aromatic nitrogens is 3. The number of nitrogens with zero attached hydrogens (tertiary/aromatic N) is 4. The summed E-state index contributed by atoms with van der Waals surface area (Å²) >= 11 is 8.27. The number of benzene rings is 1. The Morgan fingerprint density at radius 2 is 2.04 bits per heavy atom. The van der Waals surface area contributed by atoms with Crippen LogP contribution in [0.2, 0.25) is 5.02 Å². The van der Waals surface area contributed by atoms with Gasteiger partial charge in [0.1, 0.15) is 11.5 Å². The first kappa shape index (κ1) is 15.3. The molecule has 0 radical (unpaired) electrons. The van der Waals surface area contributed by atoms with Gasteiger partial charge in [-0.3, -0.25) is 9.56 Å². The van der Waals surface area contributed by atoms with Gasteiger partial charge in [-0.2, -0.15) is 0 Å². The Hall–Kier alpha value is -2.02. The van der Waals surface area contributed by atoms with E-state index in [0.29, 0.717) is 24.0 Å². The molecule has 2 aliphatic rings. The third-order valence-electron chi connectivity index (χ3n) is 4.66. The number of nitrogens with two attached hydrogens (primary N) is 1. The second-order valence-corrected chi connectivity index (χ2v) is 7.83. The first-order valence-corrected chi connectivity index (χ1v) is 9.52. The van der Waals surface area contributed by atoms with Crippen molar-refractivity contribution in [2.45, 2.75) is 31.8 Å². The van der Waals surface area contributed by atoms with Crippen LogP contribution in [0, 0.1) is 0 Å². The van der Waals surface area contributed by atoms with E-state index in [1.807, 2.05) is 24.3 Å². The van der Waals surface area contributed by atoms with E-state index in [1.54, 1.807) is 11.3 Å². The molecule has 5 rings (SSSR count). The van der Waals surface area contributed by atoms with E-state index in [9.17, 15) is 0 Å². The fourth-order valence-electron chi connectivity index (χ4n) is 3.25. The lowest BCUT2D eigenvalue weighted by Crippen LogP contribution is -2.09. The number of rotatable bonds is 3. The molecule has 1 aliphatic carbocycles. The second-order valence-electron chi connectivity index (χ2n) is 6.36. The summed E-state index contributed by atoms with van der Waals surface area (Å²) in [5.74, 6) is 2.27. The van der Waals surface area contributed by atoms with Crippen molar-refractivity contribution < 1.29 is 0 Å². The fourth-order valence-corrected chi connectivity index (χ4v) is 4.84. The zero-order valence-corrected chi connectivity index (χ0v) is 15.0. The molecule has 126 valence electrons. The van der Waals surface area contributed by atoms with Crippen LogP contribution >= 0.6 is 22.9 Å². The third kappa shape index (κ3) is 2.44. The van der Waals surface area contributed by atoms with Gasteiger partial charge in [-0.1, -0.05) is 29.8 Å². The minimum Gasteiger partial charge on any atom is -0.324 e. The lowest BCUT2D eigenvalue weighted by atomic mass is 10.0. The van der Waals surface area contributed by atoms with Gasteiger partial charge in [0.05, 0.1) is 12.3 Å². The molecule has 25 heavy (non-hydrogen) atoms. The summed E-state index contributed by atoms with van der Waals surface area (Å²) in [6.07, 6.45) is 2.52. The first-order chi connectivity index (χ1) is 12.3. The molecule has 0 saturated heterocycles. The van der Waals surface area contributed by atoms with Gasteiger partial charge in [0.2, 0.25) is 0 Å². The van der Waals surface area contributed by atoms with Gasteiger partial charge in [-0.25, -0.2) is 0 Å². The molecule has 1 saturated carbocycles. The summed E-state index contributed by atoms with van der Waals surface area (Å²) in [6.45, 7) is 0.818. The maximum Gasteiger partial charge on any atom is 0.160 e. The van der Waals surface area contributed by atoms with E-state index < -0.39 is 0 Å². The number of thiophene rings is 1. The summed E-state index contributed by atoms with van der Waals surface area (Å²) in [6, 6.07) is 10.1. The highest BCUT2D eigenvalue weighted by Crippen LogP contribution is 2.46. The SMILES string of the molecule is NCc1nnc2n1-c1sc(C3CC3)cc1C(c1ccccc1Cl)=NC2. The Morgan fingerprint density at radius 1 is 1.20 bits per heavy atom. The van der Waals surface area contributed by atoms with E-state index >= 15 is 0 Å². The van der Waals surface area contributed by atoms with Crippen molar-refractivity contribution in [2.24, 2.45) is 10.7 Å². The van der Waals surface area contributed by atoms with Crippen LogP contribution in [0.3, 0.4) is 0 Å². The average molecular weight is 370 g/mol. The molecule has 0 bridgehead atoms. The summed E-state index contributed by atoms with van der Waals surface area (Å²) in [5, 5.41) is 10.4. The van der Waals surface area contributed by atoms with Crippen LogP contribution in [0.15, 0.2) is 35.3 Å². The van der Waals surface area contributed by atoms with E-state index in [0.717, 1.165) is 33.5 Å². The summed E-state index contributed by atoms with van der Waals surface area (Å²) < 4.78 is 2.08. The van der Waals surface area contributed by atoms with Crippen LogP contribution < -0.4 is 5.73 Å². The van der Waals surface area contributed by atoms with Gasteiger partial charge < -0.3 is 5.73 Å². The van der Waals surface area contributed by atoms with Crippen LogP contribution in [0.4, 0.5) is 0 Å². The molecule has 1 aliphatic heterocycles. The highest BCUT2D eigenvalue weighted by atomic mass is 35.5. The summed E-state index contributed by atoms with van der Waals surface area (Å²) in [4.78, 5) is 6.25. The molecule has 1 fully saturated rings. The molecular weight excluding hydrogens is 354 g/mol. The van der Waals surface area contributed by atoms with Crippen molar-refractivity contribution in [3.05, 3.63) is 63.0 Å². The third-order valence-corrected chi connectivity index (χ3v) is 6.27. The van der Waals surface area contributed by atoms with Crippen molar-refractivity contribution in [3.63, 3.8) is 0 Å². The lowest BCUT2D eigenvalue weighted by molar-refractivity contribution is 0.837. The van der Waals surface area contributed by atoms with E-state index in [2.05, 4.69) is 20.8 Å². The Balaban J connectivity index is 1.76. The van der Waals surface area contributed by atoms with E-state index in [-0.39, 0.29) is 0 Å². The minimum absolute atomic E-state index is 0.352. The molecule has 5 nitrogen and oxygen atoms in total. The first-order valence-electron chi connectivity index (χ1n) is 8.33. The molecule has 3 heterocycles. The Labute approximate surface area is 154 Å². The quantitative estimate of drug-likeness (QED) is 0.765. The topological polar surface area (TPSA) is 69.1 Å². The molecule has 0 unspecified atom stereocenters. The smallest absolute Gasteiger partial charge is 0.160 e. The minimum atomic E-state index is 0.352. The molecule has 2 N–H and O–H groups in total. The lowest BCUT2D eigenvalue weighted by Gasteiger charge is -2.09. The molecular formula is C18H16ClN5S. The molecule has 2 aromatic heterocycles. The highest BCUT2D eigenvalue weighted by molar-refractivity contribution is 7.15.